The van der Waals surface area contributed by atoms with E-state index in [1.54, 1.807) is 7.11 Å². The lowest BCUT2D eigenvalue weighted by atomic mass is 9.92. The van der Waals surface area contributed by atoms with E-state index in [4.69, 9.17) is 28.6 Å². The van der Waals surface area contributed by atoms with Gasteiger partial charge in [0.15, 0.2) is 5.11 Å². The molecule has 0 radical (unpaired) electrons. The Kier molecular flexibility index (Phi) is 6.08. The molecule has 2 N–H and O–H groups in total. The number of benzene rings is 1. The van der Waals surface area contributed by atoms with E-state index in [-0.39, 0.29) is 0 Å². The lowest BCUT2D eigenvalue weighted by Crippen LogP contribution is -2.44. The van der Waals surface area contributed by atoms with E-state index >= 15 is 0 Å². The Hall–Kier alpha value is -1.04. The Morgan fingerprint density at radius 1 is 1.57 bits per heavy atom. The number of rotatable bonds is 4. The van der Waals surface area contributed by atoms with Crippen LogP contribution in [0.5, 0.6) is 0 Å². The van der Waals surface area contributed by atoms with E-state index in [9.17, 15) is 0 Å². The van der Waals surface area contributed by atoms with Crippen LogP contribution < -0.4 is 10.7 Å². The van der Waals surface area contributed by atoms with E-state index in [1.165, 1.54) is 5.56 Å². The van der Waals surface area contributed by atoms with Crippen LogP contribution >= 0.6 is 23.8 Å². The van der Waals surface area contributed by atoms with E-state index in [2.05, 4.69) is 23.7 Å². The monoisotopic (exact) mass is 327 g/mol. The molecule has 0 saturated carbocycles. The van der Waals surface area contributed by atoms with E-state index in [0.717, 1.165) is 30.1 Å². The van der Waals surface area contributed by atoms with Crippen LogP contribution in [0.2, 0.25) is 5.02 Å². The van der Waals surface area contributed by atoms with Gasteiger partial charge in [-0.1, -0.05) is 18.5 Å². The second kappa shape index (κ2) is 7.82. The molecule has 21 heavy (non-hydrogen) atoms. The fourth-order valence-corrected chi connectivity index (χ4v) is 2.97. The minimum absolute atomic E-state index is 0.498. The number of anilines is 1. The molecule has 1 aliphatic rings. The molecule has 2 rings (SSSR count). The van der Waals surface area contributed by atoms with Gasteiger partial charge in [-0.15, -0.1) is 0 Å². The quantitative estimate of drug-likeness (QED) is 0.655. The number of fused-ring (bicyclic) bond motifs is 1. The summed E-state index contributed by atoms with van der Waals surface area (Å²) in [6, 6.07) is 5.99. The number of nitrogens with one attached hydrogen (secondary N) is 2. The standard InChI is InChI=1S/C15H22ClN3OS/c1-3-11-6-8-19(15(21)17-7-9-20-2)18-14-5-4-12(16)10-13(11)14/h4-5,10-11,18H,3,6-9H2,1-2H3,(H,17,21). The first-order chi connectivity index (χ1) is 10.2. The van der Waals surface area contributed by atoms with Crippen molar-refractivity contribution in [2.75, 3.05) is 32.2 Å². The minimum atomic E-state index is 0.498. The molecule has 0 fully saturated rings. The average Bonchev–Trinajstić information content (AvgIpc) is 2.66. The number of methoxy groups -OCH3 is 1. The van der Waals surface area contributed by atoms with Gasteiger partial charge in [0.2, 0.25) is 0 Å². The summed E-state index contributed by atoms with van der Waals surface area (Å²) in [5, 5.41) is 6.67. The maximum absolute atomic E-state index is 6.14. The maximum Gasteiger partial charge on any atom is 0.187 e. The molecule has 1 atom stereocenters. The highest BCUT2D eigenvalue weighted by atomic mass is 35.5. The summed E-state index contributed by atoms with van der Waals surface area (Å²) in [4.78, 5) is 0. The number of hydrogen-bond acceptors (Lipinski definition) is 3. The van der Waals surface area contributed by atoms with Gasteiger partial charge >= 0.3 is 0 Å². The summed E-state index contributed by atoms with van der Waals surface area (Å²) < 4.78 is 5.03. The Bertz CT molecular complexity index is 498. The van der Waals surface area contributed by atoms with Gasteiger partial charge in [0, 0.05) is 25.2 Å². The minimum Gasteiger partial charge on any atom is -0.383 e. The van der Waals surface area contributed by atoms with Crippen LogP contribution in [0, 0.1) is 0 Å². The molecule has 1 aliphatic heterocycles. The molecule has 6 heteroatoms. The summed E-state index contributed by atoms with van der Waals surface area (Å²) in [7, 11) is 1.68. The fourth-order valence-electron chi connectivity index (χ4n) is 2.55. The van der Waals surface area contributed by atoms with Crippen molar-refractivity contribution >= 4 is 34.6 Å². The zero-order valence-electron chi connectivity index (χ0n) is 12.5. The van der Waals surface area contributed by atoms with Crippen LogP contribution in [0.3, 0.4) is 0 Å². The molecule has 0 saturated heterocycles. The van der Waals surface area contributed by atoms with Crippen molar-refractivity contribution in [3.8, 4) is 0 Å². The summed E-state index contributed by atoms with van der Waals surface area (Å²) in [6.07, 6.45) is 2.13. The van der Waals surface area contributed by atoms with Crippen molar-refractivity contribution in [2.45, 2.75) is 25.7 Å². The lowest BCUT2D eigenvalue weighted by Gasteiger charge is -2.25. The second-order valence-electron chi connectivity index (χ2n) is 5.11. The molecule has 4 nitrogen and oxygen atoms in total. The van der Waals surface area contributed by atoms with Crippen LogP contribution in [0.15, 0.2) is 18.2 Å². The van der Waals surface area contributed by atoms with Crippen molar-refractivity contribution in [1.82, 2.24) is 10.3 Å². The molecule has 0 spiro atoms. The Morgan fingerprint density at radius 3 is 3.10 bits per heavy atom. The van der Waals surface area contributed by atoms with E-state index < -0.39 is 0 Å². The molecular formula is C15H22ClN3OS. The summed E-state index contributed by atoms with van der Waals surface area (Å²) in [5.41, 5.74) is 5.76. The molecule has 0 bridgehead atoms. The molecular weight excluding hydrogens is 306 g/mol. The molecule has 1 unspecified atom stereocenters. The summed E-state index contributed by atoms with van der Waals surface area (Å²) >= 11 is 11.6. The Morgan fingerprint density at radius 2 is 2.38 bits per heavy atom. The highest BCUT2D eigenvalue weighted by Crippen LogP contribution is 2.34. The van der Waals surface area contributed by atoms with E-state index in [1.807, 2.05) is 17.1 Å². The van der Waals surface area contributed by atoms with Gasteiger partial charge in [0.05, 0.1) is 12.3 Å². The molecule has 1 aromatic carbocycles. The number of thiocarbonyl (C=S) groups is 1. The topological polar surface area (TPSA) is 36.5 Å². The number of hydrogen-bond donors (Lipinski definition) is 2. The second-order valence-corrected chi connectivity index (χ2v) is 5.94. The SMILES string of the molecule is CCC1CCN(C(=S)NCCOC)Nc2ccc(Cl)cc21. The molecule has 0 aromatic heterocycles. The fraction of sp³-hybridized carbons (Fsp3) is 0.533. The predicted octanol–water partition coefficient (Wildman–Crippen LogP) is 3.39. The Labute approximate surface area is 136 Å². The highest BCUT2D eigenvalue weighted by molar-refractivity contribution is 7.80. The van der Waals surface area contributed by atoms with Crippen molar-refractivity contribution in [3.63, 3.8) is 0 Å². The van der Waals surface area contributed by atoms with Gasteiger partial charge in [-0.05, 0) is 54.7 Å². The zero-order valence-corrected chi connectivity index (χ0v) is 14.1. The molecule has 116 valence electrons. The van der Waals surface area contributed by atoms with Crippen molar-refractivity contribution in [2.24, 2.45) is 0 Å². The molecule has 1 heterocycles. The smallest absolute Gasteiger partial charge is 0.187 e. The lowest BCUT2D eigenvalue weighted by molar-refractivity contribution is 0.203. The average molecular weight is 328 g/mol. The number of halogens is 1. The van der Waals surface area contributed by atoms with Crippen LogP contribution in [-0.4, -0.2) is 36.9 Å². The Balaban J connectivity index is 2.12. The van der Waals surface area contributed by atoms with E-state index in [0.29, 0.717) is 24.2 Å². The van der Waals surface area contributed by atoms with Gasteiger partial charge in [0.25, 0.3) is 0 Å². The van der Waals surface area contributed by atoms with Crippen molar-refractivity contribution in [1.29, 1.82) is 0 Å². The van der Waals surface area contributed by atoms with Crippen molar-refractivity contribution < 1.29 is 4.74 Å². The van der Waals surface area contributed by atoms with Crippen LogP contribution in [-0.2, 0) is 4.74 Å². The van der Waals surface area contributed by atoms with Crippen LogP contribution in [0.4, 0.5) is 5.69 Å². The largest absolute Gasteiger partial charge is 0.383 e. The van der Waals surface area contributed by atoms with Gasteiger partial charge in [-0.25, -0.2) is 0 Å². The van der Waals surface area contributed by atoms with Crippen LogP contribution in [0.25, 0.3) is 0 Å². The van der Waals surface area contributed by atoms with Gasteiger partial charge in [-0.3, -0.25) is 10.4 Å². The maximum atomic E-state index is 6.14. The first kappa shape index (κ1) is 16.3. The van der Waals surface area contributed by atoms with Gasteiger partial charge < -0.3 is 10.1 Å². The van der Waals surface area contributed by atoms with Gasteiger partial charge in [-0.2, -0.15) is 0 Å². The third-order valence-electron chi connectivity index (χ3n) is 3.73. The summed E-state index contributed by atoms with van der Waals surface area (Å²) in [6.45, 7) is 4.42. The normalized spacial score (nSPS) is 17.7. The van der Waals surface area contributed by atoms with Gasteiger partial charge in [0.1, 0.15) is 0 Å². The number of ether oxygens (including phenoxy) is 1. The van der Waals surface area contributed by atoms with Crippen molar-refractivity contribution in [3.05, 3.63) is 28.8 Å². The molecule has 0 amide bonds. The first-order valence-corrected chi connectivity index (χ1v) is 8.04. The third-order valence-corrected chi connectivity index (χ3v) is 4.33. The molecule has 0 aliphatic carbocycles. The summed E-state index contributed by atoms with van der Waals surface area (Å²) in [5.74, 6) is 0.498. The zero-order chi connectivity index (χ0) is 15.2. The molecule has 1 aromatic rings. The first-order valence-electron chi connectivity index (χ1n) is 7.26. The number of hydrazine groups is 1. The number of nitrogens with zero attached hydrogens (tertiary/aromatic N) is 1. The highest BCUT2D eigenvalue weighted by Gasteiger charge is 2.22. The predicted molar refractivity (Wildman–Crippen MR) is 91.9 cm³/mol. The van der Waals surface area contributed by atoms with Crippen LogP contribution in [0.1, 0.15) is 31.2 Å². The third kappa shape index (κ3) is 4.22.